The smallest absolute Gasteiger partial charge is 0.164 e. The van der Waals surface area contributed by atoms with Crippen LogP contribution in [0.5, 0.6) is 0 Å². The van der Waals surface area contributed by atoms with E-state index >= 15 is 0 Å². The Morgan fingerprint density at radius 2 is 0.758 bits per heavy atom. The summed E-state index contributed by atoms with van der Waals surface area (Å²) in [6.07, 6.45) is 0. The number of aromatic nitrogens is 3. The summed E-state index contributed by atoms with van der Waals surface area (Å²) >= 11 is 0. The number of hydrogen-bond donors (Lipinski definition) is 0. The highest BCUT2D eigenvalue weighted by Gasteiger charge is 2.49. The zero-order valence-electron chi connectivity index (χ0n) is 33.5. The average Bonchev–Trinajstić information content (AvgIpc) is 3.84. The molecule has 2 aromatic heterocycles. The predicted octanol–water partition coefficient (Wildman–Crippen LogP) is 14.4. The SMILES string of the molecule is c1ccc(-c2cccc(-c3nc(-c4ccc5c(c4)-c4ccccc4C54c5ccccc5-c5ccccc5-c5ccccc54)nc(-c4cccc5oc6ccccc6c45)n3)c2)cc1. The molecule has 4 heteroatoms. The van der Waals surface area contributed by atoms with Gasteiger partial charge >= 0.3 is 0 Å². The molecule has 0 N–H and O–H groups in total. The second-order valence-electron chi connectivity index (χ2n) is 16.2. The molecule has 0 amide bonds. The van der Waals surface area contributed by atoms with Crippen molar-refractivity contribution in [2.45, 2.75) is 5.41 Å². The maximum atomic E-state index is 6.36. The first-order valence-corrected chi connectivity index (χ1v) is 21.1. The summed E-state index contributed by atoms with van der Waals surface area (Å²) in [6.45, 7) is 0. The topological polar surface area (TPSA) is 51.8 Å². The van der Waals surface area contributed by atoms with Gasteiger partial charge in [0, 0.05) is 27.5 Å². The van der Waals surface area contributed by atoms with Gasteiger partial charge in [-0.3, -0.25) is 0 Å². The molecule has 2 heterocycles. The van der Waals surface area contributed by atoms with Crippen LogP contribution in [0.1, 0.15) is 22.3 Å². The lowest BCUT2D eigenvalue weighted by Gasteiger charge is -2.35. The van der Waals surface area contributed by atoms with Crippen molar-refractivity contribution in [1.82, 2.24) is 15.0 Å². The molecule has 0 saturated heterocycles. The molecule has 0 fully saturated rings. The summed E-state index contributed by atoms with van der Waals surface area (Å²) < 4.78 is 6.36. The van der Waals surface area contributed by atoms with Crippen molar-refractivity contribution in [2.75, 3.05) is 0 Å². The molecule has 1 spiro atoms. The van der Waals surface area contributed by atoms with Crippen molar-refractivity contribution in [2.24, 2.45) is 0 Å². The molecule has 288 valence electrons. The summed E-state index contributed by atoms with van der Waals surface area (Å²) in [7, 11) is 0. The maximum absolute atomic E-state index is 6.36. The van der Waals surface area contributed by atoms with E-state index in [1.165, 1.54) is 55.6 Å². The Hall–Kier alpha value is -8.21. The van der Waals surface area contributed by atoms with Crippen LogP contribution in [-0.2, 0) is 5.41 Å². The van der Waals surface area contributed by atoms with Crippen LogP contribution < -0.4 is 0 Å². The molecule has 9 aromatic carbocycles. The van der Waals surface area contributed by atoms with E-state index in [0.717, 1.165) is 49.8 Å². The lowest BCUT2D eigenvalue weighted by molar-refractivity contribution is 0.669. The Morgan fingerprint density at radius 3 is 1.45 bits per heavy atom. The zero-order chi connectivity index (χ0) is 40.8. The van der Waals surface area contributed by atoms with Gasteiger partial charge in [-0.05, 0) is 91.0 Å². The Balaban J connectivity index is 1.07. The molecular formula is C58H35N3O. The van der Waals surface area contributed by atoms with Crippen molar-refractivity contribution in [3.8, 4) is 78.7 Å². The van der Waals surface area contributed by atoms with E-state index in [4.69, 9.17) is 19.4 Å². The van der Waals surface area contributed by atoms with E-state index in [2.05, 4.69) is 176 Å². The van der Waals surface area contributed by atoms with E-state index in [1.807, 2.05) is 36.4 Å². The quantitative estimate of drug-likeness (QED) is 0.178. The molecule has 0 unspecified atom stereocenters. The van der Waals surface area contributed by atoms with Gasteiger partial charge in [-0.25, -0.2) is 15.0 Å². The number of nitrogens with zero attached hydrogens (tertiary/aromatic N) is 3. The number of furan rings is 1. The standard InChI is InChI=1S/C58H35N3O/c1-2-16-36(17-3-1)37-18-14-19-38(34-37)55-59-56(61-57(60-55)46-26-15-31-53-54(46)45-25-9-13-30-52(45)62-53)39-32-33-51-47(35-39)44-24-8-12-29-50(44)58(51)48-27-10-6-22-42(48)40-20-4-5-21-41(40)43-23-7-11-28-49(43)58/h1-35H. The minimum absolute atomic E-state index is 0.568. The molecule has 0 atom stereocenters. The summed E-state index contributed by atoms with van der Waals surface area (Å²) in [5.41, 5.74) is 18.5. The van der Waals surface area contributed by atoms with Crippen LogP contribution in [0.25, 0.3) is 101 Å². The first kappa shape index (κ1) is 34.6. The number of benzene rings is 9. The van der Waals surface area contributed by atoms with Gasteiger partial charge in [-0.15, -0.1) is 0 Å². The molecule has 13 rings (SSSR count). The van der Waals surface area contributed by atoms with E-state index in [1.54, 1.807) is 0 Å². The molecule has 0 saturated carbocycles. The second kappa shape index (κ2) is 13.4. The van der Waals surface area contributed by atoms with Crippen molar-refractivity contribution in [3.63, 3.8) is 0 Å². The van der Waals surface area contributed by atoms with E-state index in [0.29, 0.717) is 17.5 Å². The summed E-state index contributed by atoms with van der Waals surface area (Å²) in [5.74, 6) is 1.80. The van der Waals surface area contributed by atoms with Gasteiger partial charge < -0.3 is 4.42 Å². The third-order valence-corrected chi connectivity index (χ3v) is 13.0. The Bertz CT molecular complexity index is 3540. The first-order valence-electron chi connectivity index (χ1n) is 21.1. The van der Waals surface area contributed by atoms with Gasteiger partial charge in [0.05, 0.1) is 5.41 Å². The molecule has 62 heavy (non-hydrogen) atoms. The van der Waals surface area contributed by atoms with Crippen LogP contribution in [0.15, 0.2) is 217 Å². The van der Waals surface area contributed by atoms with Crippen LogP contribution in [0.3, 0.4) is 0 Å². The van der Waals surface area contributed by atoms with Crippen molar-refractivity contribution in [1.29, 1.82) is 0 Å². The largest absolute Gasteiger partial charge is 0.456 e. The number of rotatable bonds is 4. The zero-order valence-corrected chi connectivity index (χ0v) is 33.5. The first-order chi connectivity index (χ1) is 30.7. The van der Waals surface area contributed by atoms with Gasteiger partial charge in [0.25, 0.3) is 0 Å². The molecule has 11 aromatic rings. The molecule has 2 aliphatic carbocycles. The summed E-state index contributed by atoms with van der Waals surface area (Å²) in [5, 5.41) is 2.01. The molecular weight excluding hydrogens is 755 g/mol. The fraction of sp³-hybridized carbons (Fsp3) is 0.0172. The fourth-order valence-corrected chi connectivity index (χ4v) is 10.4. The van der Waals surface area contributed by atoms with E-state index < -0.39 is 5.41 Å². The van der Waals surface area contributed by atoms with Crippen LogP contribution in [-0.4, -0.2) is 15.0 Å². The van der Waals surface area contributed by atoms with Gasteiger partial charge in [0.15, 0.2) is 17.5 Å². The highest BCUT2D eigenvalue weighted by Crippen LogP contribution is 2.61. The highest BCUT2D eigenvalue weighted by molar-refractivity contribution is 6.12. The Kier molecular flexibility index (Phi) is 7.49. The molecule has 0 aliphatic heterocycles. The van der Waals surface area contributed by atoms with Crippen molar-refractivity contribution >= 4 is 21.9 Å². The van der Waals surface area contributed by atoms with Crippen LogP contribution in [0.4, 0.5) is 0 Å². The number of fused-ring (bicyclic) bond motifs is 15. The Labute approximate surface area is 358 Å². The van der Waals surface area contributed by atoms with Gasteiger partial charge in [0.1, 0.15) is 11.2 Å². The number of para-hydroxylation sites is 1. The van der Waals surface area contributed by atoms with Crippen LogP contribution in [0.2, 0.25) is 0 Å². The van der Waals surface area contributed by atoms with Crippen molar-refractivity contribution in [3.05, 3.63) is 235 Å². The Morgan fingerprint density at radius 1 is 0.290 bits per heavy atom. The maximum Gasteiger partial charge on any atom is 0.164 e. The number of hydrogen-bond acceptors (Lipinski definition) is 4. The second-order valence-corrected chi connectivity index (χ2v) is 16.2. The van der Waals surface area contributed by atoms with Gasteiger partial charge in [-0.1, -0.05) is 188 Å². The average molecular weight is 790 g/mol. The molecule has 4 nitrogen and oxygen atoms in total. The minimum Gasteiger partial charge on any atom is -0.456 e. The third-order valence-electron chi connectivity index (χ3n) is 13.0. The monoisotopic (exact) mass is 789 g/mol. The normalized spacial score (nSPS) is 13.0. The van der Waals surface area contributed by atoms with Crippen LogP contribution in [0, 0.1) is 0 Å². The molecule has 0 bridgehead atoms. The summed E-state index contributed by atoms with van der Waals surface area (Å²) in [6, 6.07) is 75.9. The van der Waals surface area contributed by atoms with Gasteiger partial charge in [-0.2, -0.15) is 0 Å². The minimum atomic E-state index is -0.568. The summed E-state index contributed by atoms with van der Waals surface area (Å²) in [4.78, 5) is 15.9. The lowest BCUT2D eigenvalue weighted by Crippen LogP contribution is -2.29. The van der Waals surface area contributed by atoms with Crippen LogP contribution >= 0.6 is 0 Å². The molecule has 2 aliphatic rings. The highest BCUT2D eigenvalue weighted by atomic mass is 16.3. The predicted molar refractivity (Wildman–Crippen MR) is 251 cm³/mol. The van der Waals surface area contributed by atoms with E-state index in [9.17, 15) is 0 Å². The third kappa shape index (κ3) is 4.98. The van der Waals surface area contributed by atoms with Gasteiger partial charge in [0.2, 0.25) is 0 Å². The fourth-order valence-electron chi connectivity index (χ4n) is 10.4. The van der Waals surface area contributed by atoms with Crippen molar-refractivity contribution < 1.29 is 4.42 Å². The lowest BCUT2D eigenvalue weighted by atomic mass is 9.66. The molecule has 0 radical (unpaired) electrons. The van der Waals surface area contributed by atoms with E-state index in [-0.39, 0.29) is 0 Å².